The molecule has 2 saturated heterocycles. The van der Waals surface area contributed by atoms with E-state index >= 15 is 0 Å². The number of amides is 3. The Morgan fingerprint density at radius 2 is 1.96 bits per heavy atom. The maximum Gasteiger partial charge on any atom is 0.294 e. The second-order valence-electron chi connectivity index (χ2n) is 5.78. The van der Waals surface area contributed by atoms with E-state index in [1.54, 1.807) is 35.2 Å². The third-order valence-corrected chi connectivity index (χ3v) is 4.92. The van der Waals surface area contributed by atoms with Crippen LogP contribution in [-0.4, -0.2) is 66.3 Å². The van der Waals surface area contributed by atoms with Crippen molar-refractivity contribution in [2.45, 2.75) is 0 Å². The number of nitriles is 1. The van der Waals surface area contributed by atoms with Crippen LogP contribution >= 0.6 is 11.8 Å². The molecule has 27 heavy (non-hydrogen) atoms. The average molecular weight is 387 g/mol. The maximum absolute atomic E-state index is 12.5. The Bertz CT molecular complexity index is 809. The Kier molecular flexibility index (Phi) is 6.11. The van der Waals surface area contributed by atoms with Crippen molar-refractivity contribution < 1.29 is 23.9 Å². The molecule has 0 unspecified atom stereocenters. The van der Waals surface area contributed by atoms with Crippen molar-refractivity contribution >= 4 is 34.9 Å². The van der Waals surface area contributed by atoms with E-state index < -0.39 is 11.1 Å². The maximum atomic E-state index is 12.5. The van der Waals surface area contributed by atoms with Crippen LogP contribution in [0.2, 0.25) is 0 Å². The van der Waals surface area contributed by atoms with Crippen LogP contribution in [0, 0.1) is 11.3 Å². The van der Waals surface area contributed by atoms with Gasteiger partial charge in [-0.2, -0.15) is 5.26 Å². The van der Waals surface area contributed by atoms with Crippen LogP contribution < -0.4 is 4.74 Å². The number of benzene rings is 1. The summed E-state index contributed by atoms with van der Waals surface area (Å²) in [5.74, 6) is -0.199. The monoisotopic (exact) mass is 387 g/mol. The summed E-state index contributed by atoms with van der Waals surface area (Å²) in [5, 5.41) is 8.05. The number of imide groups is 1. The molecule has 3 rings (SSSR count). The van der Waals surface area contributed by atoms with Crippen LogP contribution in [0.25, 0.3) is 6.08 Å². The molecule has 2 heterocycles. The van der Waals surface area contributed by atoms with Gasteiger partial charge in [0.1, 0.15) is 18.4 Å². The fourth-order valence-electron chi connectivity index (χ4n) is 2.61. The Balaban J connectivity index is 1.65. The molecular weight excluding hydrogens is 370 g/mol. The van der Waals surface area contributed by atoms with Crippen molar-refractivity contribution in [1.29, 1.82) is 5.26 Å². The third kappa shape index (κ3) is 4.67. The van der Waals surface area contributed by atoms with Gasteiger partial charge in [0, 0.05) is 13.1 Å². The summed E-state index contributed by atoms with van der Waals surface area (Å²) in [6.45, 7) is 1.54. The highest BCUT2D eigenvalue weighted by Crippen LogP contribution is 2.32. The lowest BCUT2D eigenvalue weighted by Gasteiger charge is -2.28. The molecule has 2 fully saturated rings. The number of nitrogens with zero attached hydrogens (tertiary/aromatic N) is 3. The molecule has 8 nitrogen and oxygen atoms in total. The second-order valence-corrected chi connectivity index (χ2v) is 6.77. The lowest BCUT2D eigenvalue weighted by atomic mass is 10.2. The Hall–Kier alpha value is -2.83. The molecule has 140 valence electrons. The second kappa shape index (κ2) is 8.70. The summed E-state index contributed by atoms with van der Waals surface area (Å²) in [6.07, 6.45) is 1.60. The minimum absolute atomic E-state index is 0.0462. The van der Waals surface area contributed by atoms with E-state index in [0.29, 0.717) is 37.6 Å². The molecule has 0 spiro atoms. The molecule has 0 N–H and O–H groups in total. The van der Waals surface area contributed by atoms with Gasteiger partial charge in [-0.1, -0.05) is 12.1 Å². The molecule has 0 bridgehead atoms. The lowest BCUT2D eigenvalue weighted by molar-refractivity contribution is -0.139. The normalized spacial score (nSPS) is 18.7. The number of rotatable bonds is 5. The zero-order chi connectivity index (χ0) is 19.2. The molecule has 3 amide bonds. The molecule has 0 aliphatic carbocycles. The molecule has 1 aromatic carbocycles. The first kappa shape index (κ1) is 18.9. The van der Waals surface area contributed by atoms with E-state index in [0.717, 1.165) is 16.7 Å². The molecular formula is C18H17N3O5S. The van der Waals surface area contributed by atoms with E-state index in [-0.39, 0.29) is 24.0 Å². The molecule has 9 heteroatoms. The standard InChI is InChI=1S/C18H17N3O5S/c19-5-8-26-14-3-1-13(2-4-14)11-15-17(23)21(18(24)27-15)12-16(22)20-6-9-25-10-7-20/h1-4,11H,6-10,12H2/b15-11-. The van der Waals surface area contributed by atoms with E-state index in [1.807, 2.05) is 6.07 Å². The van der Waals surface area contributed by atoms with Crippen LogP contribution in [0.3, 0.4) is 0 Å². The van der Waals surface area contributed by atoms with Crippen molar-refractivity contribution in [3.8, 4) is 11.8 Å². The van der Waals surface area contributed by atoms with Crippen LogP contribution in [0.5, 0.6) is 5.75 Å². The molecule has 0 saturated carbocycles. The number of hydrogen-bond donors (Lipinski definition) is 0. The topological polar surface area (TPSA) is 99.9 Å². The van der Waals surface area contributed by atoms with Crippen molar-refractivity contribution in [2.75, 3.05) is 39.5 Å². The fourth-order valence-corrected chi connectivity index (χ4v) is 3.45. The molecule has 2 aliphatic rings. The van der Waals surface area contributed by atoms with E-state index in [4.69, 9.17) is 14.7 Å². The highest BCUT2D eigenvalue weighted by molar-refractivity contribution is 8.18. The fraction of sp³-hybridized carbons (Fsp3) is 0.333. The molecule has 0 aromatic heterocycles. The SMILES string of the molecule is N#CCOc1ccc(/C=C2\SC(=O)N(CC(=O)N3CCOCC3)C2=O)cc1. The molecule has 1 aromatic rings. The van der Waals surface area contributed by atoms with Crippen LogP contribution in [-0.2, 0) is 14.3 Å². The lowest BCUT2D eigenvalue weighted by Crippen LogP contribution is -2.46. The summed E-state index contributed by atoms with van der Waals surface area (Å²) < 4.78 is 10.4. The van der Waals surface area contributed by atoms with Crippen LogP contribution in [0.4, 0.5) is 4.79 Å². The third-order valence-electron chi connectivity index (χ3n) is 4.01. The van der Waals surface area contributed by atoms with Gasteiger partial charge in [0.25, 0.3) is 11.1 Å². The molecule has 0 radical (unpaired) electrons. The zero-order valence-electron chi connectivity index (χ0n) is 14.4. The van der Waals surface area contributed by atoms with Crippen LogP contribution in [0.1, 0.15) is 5.56 Å². The predicted octanol–water partition coefficient (Wildman–Crippen LogP) is 1.48. The first-order valence-electron chi connectivity index (χ1n) is 8.29. The smallest absolute Gasteiger partial charge is 0.294 e. The van der Waals surface area contributed by atoms with Gasteiger partial charge in [-0.3, -0.25) is 19.3 Å². The van der Waals surface area contributed by atoms with Gasteiger partial charge in [0.05, 0.1) is 18.1 Å². The quantitative estimate of drug-likeness (QED) is 0.706. The zero-order valence-corrected chi connectivity index (χ0v) is 15.2. The van der Waals surface area contributed by atoms with Crippen LogP contribution in [0.15, 0.2) is 29.2 Å². The number of carbonyl (C=O) groups is 3. The summed E-state index contributed by atoms with van der Waals surface area (Å²) >= 11 is 0.812. The van der Waals surface area contributed by atoms with Gasteiger partial charge in [-0.25, -0.2) is 0 Å². The van der Waals surface area contributed by atoms with Gasteiger partial charge in [-0.05, 0) is 35.5 Å². The van der Waals surface area contributed by atoms with Crippen molar-refractivity contribution in [3.05, 3.63) is 34.7 Å². The Morgan fingerprint density at radius 3 is 2.63 bits per heavy atom. The summed E-state index contributed by atoms with van der Waals surface area (Å²) in [6, 6.07) is 8.68. The van der Waals surface area contributed by atoms with Crippen molar-refractivity contribution in [3.63, 3.8) is 0 Å². The largest absolute Gasteiger partial charge is 0.479 e. The van der Waals surface area contributed by atoms with Gasteiger partial charge in [0.15, 0.2) is 6.61 Å². The van der Waals surface area contributed by atoms with Gasteiger partial charge >= 0.3 is 0 Å². The number of ether oxygens (including phenoxy) is 2. The van der Waals surface area contributed by atoms with Crippen molar-refractivity contribution in [1.82, 2.24) is 9.80 Å². The molecule has 0 atom stereocenters. The number of thioether (sulfide) groups is 1. The van der Waals surface area contributed by atoms with Gasteiger partial charge in [0.2, 0.25) is 5.91 Å². The highest BCUT2D eigenvalue weighted by atomic mass is 32.2. The minimum atomic E-state index is -0.476. The van der Waals surface area contributed by atoms with E-state index in [9.17, 15) is 14.4 Å². The van der Waals surface area contributed by atoms with Gasteiger partial charge < -0.3 is 14.4 Å². The Morgan fingerprint density at radius 1 is 1.26 bits per heavy atom. The summed E-state index contributed by atoms with van der Waals surface area (Å²) in [4.78, 5) is 39.8. The average Bonchev–Trinajstić information content (AvgIpc) is 2.95. The highest BCUT2D eigenvalue weighted by Gasteiger charge is 2.37. The van der Waals surface area contributed by atoms with E-state index in [2.05, 4.69) is 0 Å². The Labute approximate surface area is 160 Å². The molecule has 2 aliphatic heterocycles. The van der Waals surface area contributed by atoms with Crippen molar-refractivity contribution in [2.24, 2.45) is 0 Å². The van der Waals surface area contributed by atoms with E-state index in [1.165, 1.54) is 0 Å². The number of morpholine rings is 1. The summed E-state index contributed by atoms with van der Waals surface area (Å²) in [7, 11) is 0. The first-order chi connectivity index (χ1) is 13.1. The first-order valence-corrected chi connectivity index (χ1v) is 9.11. The summed E-state index contributed by atoms with van der Waals surface area (Å²) in [5.41, 5.74) is 0.712. The minimum Gasteiger partial charge on any atom is -0.479 e. The predicted molar refractivity (Wildman–Crippen MR) is 97.6 cm³/mol. The number of carbonyl (C=O) groups excluding carboxylic acids is 3. The number of hydrogen-bond acceptors (Lipinski definition) is 7. The van der Waals surface area contributed by atoms with Gasteiger partial charge in [-0.15, -0.1) is 0 Å².